The Morgan fingerprint density at radius 1 is 0.812 bits per heavy atom. The number of hydrogen-bond donors (Lipinski definition) is 1. The lowest BCUT2D eigenvalue weighted by molar-refractivity contribution is -0.139. The average molecular weight is 441 g/mol. The molecule has 0 aromatic heterocycles. The van der Waals surface area contributed by atoms with Crippen LogP contribution in [-0.4, -0.2) is 44.2 Å². The van der Waals surface area contributed by atoms with Crippen LogP contribution in [0.2, 0.25) is 0 Å². The number of carbonyl (C=O) groups excluding carboxylic acids is 1. The van der Waals surface area contributed by atoms with E-state index in [1.807, 2.05) is 26.0 Å². The standard InChI is InChI=1S/C26H38N2O2.C2H6/c1-4-6-17-28(18-7-5-2)19-16-27-21-23-10-14-25(15-11-23)24-12-8-22(9-13-24)20-26(29)30-3;1-2/h8-15,27H,4-7,16-21H2,1-3H3;1-2H3. The molecule has 0 unspecified atom stereocenters. The number of nitrogens with zero attached hydrogens (tertiary/aromatic N) is 1. The zero-order chi connectivity index (χ0) is 23.6. The third kappa shape index (κ3) is 10.9. The minimum Gasteiger partial charge on any atom is -0.469 e. The van der Waals surface area contributed by atoms with Crippen molar-refractivity contribution in [3.8, 4) is 11.1 Å². The lowest BCUT2D eigenvalue weighted by Crippen LogP contribution is -2.33. The van der Waals surface area contributed by atoms with Crippen molar-refractivity contribution in [2.45, 2.75) is 66.3 Å². The number of ether oxygens (including phenoxy) is 1. The van der Waals surface area contributed by atoms with E-state index in [2.05, 4.69) is 60.5 Å². The molecule has 32 heavy (non-hydrogen) atoms. The molecule has 0 atom stereocenters. The summed E-state index contributed by atoms with van der Waals surface area (Å²) in [6.07, 6.45) is 5.41. The van der Waals surface area contributed by atoms with Crippen molar-refractivity contribution in [2.24, 2.45) is 0 Å². The molecule has 0 spiro atoms. The fourth-order valence-corrected chi connectivity index (χ4v) is 3.44. The van der Waals surface area contributed by atoms with Gasteiger partial charge in [0, 0.05) is 19.6 Å². The van der Waals surface area contributed by atoms with Gasteiger partial charge in [-0.05, 0) is 48.2 Å². The van der Waals surface area contributed by atoms with E-state index in [0.717, 1.165) is 30.8 Å². The molecule has 4 nitrogen and oxygen atoms in total. The highest BCUT2D eigenvalue weighted by molar-refractivity contribution is 5.73. The Balaban J connectivity index is 0.00000249. The first-order valence-electron chi connectivity index (χ1n) is 12.3. The van der Waals surface area contributed by atoms with Gasteiger partial charge >= 0.3 is 5.97 Å². The zero-order valence-corrected chi connectivity index (χ0v) is 21.0. The van der Waals surface area contributed by atoms with E-state index in [4.69, 9.17) is 4.74 Å². The molecule has 0 saturated heterocycles. The third-order valence-electron chi connectivity index (χ3n) is 5.41. The smallest absolute Gasteiger partial charge is 0.309 e. The molecule has 0 fully saturated rings. The Hall–Kier alpha value is -2.17. The molecule has 0 aliphatic carbocycles. The predicted molar refractivity (Wildman–Crippen MR) is 137 cm³/mol. The van der Waals surface area contributed by atoms with Gasteiger partial charge in [0.25, 0.3) is 0 Å². The summed E-state index contributed by atoms with van der Waals surface area (Å²) in [7, 11) is 1.42. The molecule has 0 aliphatic rings. The maximum atomic E-state index is 11.4. The molecule has 2 rings (SSSR count). The molecular weight excluding hydrogens is 396 g/mol. The van der Waals surface area contributed by atoms with Crippen molar-refractivity contribution in [3.05, 3.63) is 59.7 Å². The van der Waals surface area contributed by atoms with Gasteiger partial charge in [0.15, 0.2) is 0 Å². The highest BCUT2D eigenvalue weighted by Crippen LogP contribution is 2.20. The number of esters is 1. The van der Waals surface area contributed by atoms with Gasteiger partial charge in [-0.2, -0.15) is 0 Å². The number of methoxy groups -OCH3 is 1. The van der Waals surface area contributed by atoms with E-state index in [1.54, 1.807) is 0 Å². The summed E-state index contributed by atoms with van der Waals surface area (Å²) in [5.41, 5.74) is 4.62. The van der Waals surface area contributed by atoms with E-state index in [-0.39, 0.29) is 5.97 Å². The Labute approximate surface area is 196 Å². The average Bonchev–Trinajstić information content (AvgIpc) is 2.85. The van der Waals surface area contributed by atoms with Gasteiger partial charge < -0.3 is 15.0 Å². The third-order valence-corrected chi connectivity index (χ3v) is 5.41. The first-order chi connectivity index (χ1) is 15.7. The molecule has 0 saturated carbocycles. The Kier molecular flexibility index (Phi) is 15.1. The molecule has 2 aromatic carbocycles. The maximum absolute atomic E-state index is 11.4. The fourth-order valence-electron chi connectivity index (χ4n) is 3.44. The summed E-state index contributed by atoms with van der Waals surface area (Å²) in [6, 6.07) is 16.8. The van der Waals surface area contributed by atoms with Crippen LogP contribution in [0.5, 0.6) is 0 Å². The first kappa shape index (κ1) is 27.9. The summed E-state index contributed by atoms with van der Waals surface area (Å²) in [6.45, 7) is 14.0. The van der Waals surface area contributed by atoms with Gasteiger partial charge in [0.1, 0.15) is 0 Å². The van der Waals surface area contributed by atoms with Crippen LogP contribution < -0.4 is 5.32 Å². The van der Waals surface area contributed by atoms with Gasteiger partial charge in [-0.1, -0.05) is 89.1 Å². The van der Waals surface area contributed by atoms with Gasteiger partial charge in [0.2, 0.25) is 0 Å². The van der Waals surface area contributed by atoms with Crippen molar-refractivity contribution in [2.75, 3.05) is 33.3 Å². The predicted octanol–water partition coefficient (Wildman–Crippen LogP) is 6.09. The number of rotatable bonds is 14. The highest BCUT2D eigenvalue weighted by atomic mass is 16.5. The van der Waals surface area contributed by atoms with Crippen LogP contribution in [0.15, 0.2) is 48.5 Å². The van der Waals surface area contributed by atoms with Crippen molar-refractivity contribution < 1.29 is 9.53 Å². The van der Waals surface area contributed by atoms with Crippen LogP contribution in [0.1, 0.15) is 64.5 Å². The van der Waals surface area contributed by atoms with Crippen molar-refractivity contribution in [1.29, 1.82) is 0 Å². The second kappa shape index (κ2) is 17.4. The number of hydrogen-bond acceptors (Lipinski definition) is 4. The van der Waals surface area contributed by atoms with Crippen molar-refractivity contribution in [3.63, 3.8) is 0 Å². The summed E-state index contributed by atoms with van der Waals surface area (Å²) in [5.74, 6) is -0.210. The van der Waals surface area contributed by atoms with Crippen LogP contribution in [-0.2, 0) is 22.5 Å². The molecule has 0 aliphatic heterocycles. The van der Waals surface area contributed by atoms with Crippen LogP contribution in [0.3, 0.4) is 0 Å². The van der Waals surface area contributed by atoms with Gasteiger partial charge in [0.05, 0.1) is 13.5 Å². The second-order valence-corrected chi connectivity index (χ2v) is 7.87. The lowest BCUT2D eigenvalue weighted by atomic mass is 10.0. The zero-order valence-electron chi connectivity index (χ0n) is 21.0. The molecule has 0 bridgehead atoms. The Bertz CT molecular complexity index is 718. The largest absolute Gasteiger partial charge is 0.469 e. The van der Waals surface area contributed by atoms with Crippen molar-refractivity contribution >= 4 is 5.97 Å². The molecule has 0 radical (unpaired) electrons. The molecule has 2 aromatic rings. The molecule has 1 N–H and O–H groups in total. The number of nitrogens with one attached hydrogen (secondary N) is 1. The fraction of sp³-hybridized carbons (Fsp3) is 0.536. The van der Waals surface area contributed by atoms with Crippen molar-refractivity contribution in [1.82, 2.24) is 10.2 Å². The Morgan fingerprint density at radius 2 is 1.31 bits per heavy atom. The summed E-state index contributed by atoms with van der Waals surface area (Å²) in [5, 5.41) is 3.59. The minimum absolute atomic E-state index is 0.210. The number of unbranched alkanes of at least 4 members (excludes halogenated alkanes) is 2. The topological polar surface area (TPSA) is 41.6 Å². The van der Waals surface area contributed by atoms with Gasteiger partial charge in [-0.25, -0.2) is 0 Å². The molecule has 178 valence electrons. The van der Waals surface area contributed by atoms with Crippen LogP contribution >= 0.6 is 0 Å². The highest BCUT2D eigenvalue weighted by Gasteiger charge is 2.05. The van der Waals surface area contributed by atoms with E-state index in [9.17, 15) is 4.79 Å². The summed E-state index contributed by atoms with van der Waals surface area (Å²) >= 11 is 0. The van der Waals surface area contributed by atoms with Gasteiger partial charge in [-0.3, -0.25) is 4.79 Å². The van der Waals surface area contributed by atoms with E-state index < -0.39 is 0 Å². The SMILES string of the molecule is CC.CCCCN(CCCC)CCNCc1ccc(-c2ccc(CC(=O)OC)cc2)cc1. The van der Waals surface area contributed by atoms with E-state index in [1.165, 1.54) is 57.0 Å². The van der Waals surface area contributed by atoms with Crippen LogP contribution in [0.25, 0.3) is 11.1 Å². The molecule has 0 heterocycles. The first-order valence-corrected chi connectivity index (χ1v) is 12.3. The molecular formula is C28H44N2O2. The monoisotopic (exact) mass is 440 g/mol. The van der Waals surface area contributed by atoms with Crippen LogP contribution in [0, 0.1) is 0 Å². The van der Waals surface area contributed by atoms with E-state index >= 15 is 0 Å². The van der Waals surface area contributed by atoms with E-state index in [0.29, 0.717) is 6.42 Å². The lowest BCUT2D eigenvalue weighted by Gasteiger charge is -2.22. The molecule has 0 amide bonds. The molecule has 4 heteroatoms. The number of carbonyl (C=O) groups is 1. The second-order valence-electron chi connectivity index (χ2n) is 7.87. The van der Waals surface area contributed by atoms with Crippen LogP contribution in [0.4, 0.5) is 0 Å². The quantitative estimate of drug-likeness (QED) is 0.285. The normalized spacial score (nSPS) is 10.6. The van der Waals surface area contributed by atoms with Gasteiger partial charge in [-0.15, -0.1) is 0 Å². The number of benzene rings is 2. The summed E-state index contributed by atoms with van der Waals surface area (Å²) < 4.78 is 4.72. The Morgan fingerprint density at radius 3 is 1.78 bits per heavy atom. The minimum atomic E-state index is -0.210. The summed E-state index contributed by atoms with van der Waals surface area (Å²) in [4.78, 5) is 14.0. The maximum Gasteiger partial charge on any atom is 0.309 e.